The number of halogens is 3. The topological polar surface area (TPSA) is 321 Å². The molecule has 0 aromatic heterocycles. The van der Waals surface area contributed by atoms with Crippen molar-refractivity contribution in [1.82, 2.24) is 21.3 Å². The zero-order valence-electron chi connectivity index (χ0n) is 46.1. The summed E-state index contributed by atoms with van der Waals surface area (Å²) in [4.78, 5) is 90.0. The number of alkyl halides is 3. The van der Waals surface area contributed by atoms with Crippen molar-refractivity contribution in [3.8, 4) is 0 Å². The molecule has 0 heterocycles. The number of carboxylic acid groups (broad SMARTS) is 2. The molecule has 0 saturated heterocycles. The van der Waals surface area contributed by atoms with E-state index in [1.165, 1.54) is 5.56 Å². The van der Waals surface area contributed by atoms with Gasteiger partial charge in [-0.3, -0.25) is 0 Å². The van der Waals surface area contributed by atoms with Crippen molar-refractivity contribution >= 4 is 96.0 Å². The van der Waals surface area contributed by atoms with E-state index < -0.39 is 108 Å². The lowest BCUT2D eigenvalue weighted by molar-refractivity contribution is -0.148. The summed E-state index contributed by atoms with van der Waals surface area (Å²) < 4.78 is 30.0. The largest absolute Gasteiger partial charge is 0.480 e. The fourth-order valence-electron chi connectivity index (χ4n) is 4.72. The van der Waals surface area contributed by atoms with E-state index in [0.29, 0.717) is 0 Å². The van der Waals surface area contributed by atoms with Gasteiger partial charge in [0.15, 0.2) is 12.1 Å². The van der Waals surface area contributed by atoms with Gasteiger partial charge < -0.3 is 70.1 Å². The SMILES string of the molecule is BrCc1ccccc1.CC(C)(C)OC(=O)NC(CBr)C(=O)O.CC(C)(C)OC(=O)NC(CBr)C(=O)OCc1ccccc1.CC(C)(C)OC(=O)NC(CO)C(=O)O.CC(C)(C)OC(=O)NC(CO)C(=O)OCc1ccccc1. The molecule has 3 aromatic rings. The highest BCUT2D eigenvalue weighted by atomic mass is 79.9. The molecule has 0 bridgehead atoms. The minimum absolute atomic E-state index is 0.0756. The van der Waals surface area contributed by atoms with E-state index in [4.69, 9.17) is 48.8 Å². The van der Waals surface area contributed by atoms with E-state index in [0.717, 1.165) is 16.5 Å². The molecule has 22 nitrogen and oxygen atoms in total. The number of esters is 2. The first-order chi connectivity index (χ1) is 36.1. The third kappa shape index (κ3) is 41.1. The molecule has 0 aliphatic carbocycles. The Hall–Kier alpha value is -6.02. The Labute approximate surface area is 481 Å². The Kier molecular flexibility index (Phi) is 36.6. The standard InChI is InChI=1S/C15H20BrNO4.C15H21NO5.C8H14BrNO4.C8H15NO5.C7H7Br/c1-15(2,3)21-14(19)17-12(9-16)13(18)20-10-11-7-5-4-6-8-11;1-15(2,3)21-14(19)16-12(9-17)13(18)20-10-11-7-5-4-6-8-11;1-8(2,3)14-7(13)10-5(4-9)6(11)12;1-8(2,3)14-7(13)9-5(4-10)6(11)12;8-6-7-4-2-1-3-5-7/h4-8,12H,9-10H2,1-3H3,(H,17,19);4-8,12,17H,9-10H2,1-3H3,(H,16,19);5H,4H2,1-3H3,(H,10,13)(H,11,12);5,10H,4H2,1-3H3,(H,9,13)(H,11,12);1-5H,6H2. The molecule has 0 radical (unpaired) electrons. The molecular weight excluding hydrogens is 1220 g/mol. The molecule has 4 atom stereocenters. The number of ether oxygens (including phenoxy) is 6. The minimum Gasteiger partial charge on any atom is -0.480 e. The first-order valence-corrected chi connectivity index (χ1v) is 27.2. The van der Waals surface area contributed by atoms with Gasteiger partial charge in [-0.2, -0.15) is 0 Å². The quantitative estimate of drug-likeness (QED) is 0.0356. The van der Waals surface area contributed by atoms with Crippen molar-refractivity contribution < 1.29 is 87.2 Å². The van der Waals surface area contributed by atoms with Crippen molar-refractivity contribution in [3.05, 3.63) is 108 Å². The first kappa shape index (κ1) is 74.1. The normalized spacial score (nSPS) is 12.3. The highest BCUT2D eigenvalue weighted by Gasteiger charge is 2.27. The highest BCUT2D eigenvalue weighted by molar-refractivity contribution is 9.09. The molecular formula is C53H77Br3N4O18. The lowest BCUT2D eigenvalue weighted by atomic mass is 10.2. The number of carbonyl (C=O) groups is 8. The van der Waals surface area contributed by atoms with E-state index in [1.807, 2.05) is 84.2 Å². The number of carbonyl (C=O) groups excluding carboxylic acids is 6. The van der Waals surface area contributed by atoms with Crippen LogP contribution in [0.3, 0.4) is 0 Å². The Bertz CT molecular complexity index is 2100. The number of nitrogens with one attached hydrogen (secondary N) is 4. The monoisotopic (exact) mass is 1290 g/mol. The summed E-state index contributed by atoms with van der Waals surface area (Å²) in [5.41, 5.74) is 0.415. The number of aliphatic hydroxyl groups is 2. The molecule has 8 N–H and O–H groups in total. The van der Waals surface area contributed by atoms with E-state index in [1.54, 1.807) is 83.1 Å². The highest BCUT2D eigenvalue weighted by Crippen LogP contribution is 2.11. The van der Waals surface area contributed by atoms with Gasteiger partial charge in [-0.25, -0.2) is 38.4 Å². The molecule has 4 amide bonds. The maximum atomic E-state index is 11.9. The number of benzene rings is 3. The summed E-state index contributed by atoms with van der Waals surface area (Å²) in [5.74, 6) is -3.64. The summed E-state index contributed by atoms with van der Waals surface area (Å²) in [7, 11) is 0. The number of amides is 4. The summed E-state index contributed by atoms with van der Waals surface area (Å²) in [6.07, 6.45) is -3.02. The lowest BCUT2D eigenvalue weighted by Crippen LogP contribution is -2.46. The molecule has 0 fully saturated rings. The predicted octanol–water partition coefficient (Wildman–Crippen LogP) is 8.53. The van der Waals surface area contributed by atoms with Crippen molar-refractivity contribution in [1.29, 1.82) is 0 Å². The van der Waals surface area contributed by atoms with Gasteiger partial charge in [0.2, 0.25) is 0 Å². The Balaban J connectivity index is 0. The minimum atomic E-state index is -1.33. The number of aliphatic hydroxyl groups excluding tert-OH is 2. The van der Waals surface area contributed by atoms with Crippen LogP contribution < -0.4 is 21.3 Å². The third-order valence-electron chi connectivity index (χ3n) is 8.05. The van der Waals surface area contributed by atoms with Crippen LogP contribution in [0.2, 0.25) is 0 Å². The zero-order chi connectivity index (χ0) is 60.3. The molecule has 438 valence electrons. The Morgan fingerprint density at radius 1 is 0.410 bits per heavy atom. The number of rotatable bonds is 17. The summed E-state index contributed by atoms with van der Waals surface area (Å²) >= 11 is 9.51. The molecule has 78 heavy (non-hydrogen) atoms. The van der Waals surface area contributed by atoms with Crippen LogP contribution in [-0.2, 0) is 66.1 Å². The zero-order valence-corrected chi connectivity index (χ0v) is 50.8. The van der Waals surface area contributed by atoms with E-state index >= 15 is 0 Å². The van der Waals surface area contributed by atoms with Crippen LogP contribution in [0.1, 0.15) is 99.8 Å². The first-order valence-electron chi connectivity index (χ1n) is 23.9. The number of carboxylic acids is 2. The second-order valence-corrected chi connectivity index (χ2v) is 21.8. The van der Waals surface area contributed by atoms with Crippen molar-refractivity contribution in [2.45, 2.75) is 148 Å². The van der Waals surface area contributed by atoms with Gasteiger partial charge in [0.25, 0.3) is 0 Å². The average molecular weight is 1300 g/mol. The van der Waals surface area contributed by atoms with Gasteiger partial charge >= 0.3 is 48.3 Å². The van der Waals surface area contributed by atoms with Gasteiger partial charge in [-0.05, 0) is 99.8 Å². The fourth-order valence-corrected chi connectivity index (χ4v) is 5.96. The van der Waals surface area contributed by atoms with Crippen LogP contribution in [0.5, 0.6) is 0 Å². The second-order valence-electron chi connectivity index (χ2n) is 20.0. The summed E-state index contributed by atoms with van der Waals surface area (Å²) in [5, 5.41) is 45.2. The molecule has 4 unspecified atom stereocenters. The maximum absolute atomic E-state index is 11.9. The fraction of sp³-hybridized carbons (Fsp3) is 0.509. The van der Waals surface area contributed by atoms with Crippen molar-refractivity contribution in [3.63, 3.8) is 0 Å². The van der Waals surface area contributed by atoms with Gasteiger partial charge in [0.1, 0.15) is 47.7 Å². The third-order valence-corrected chi connectivity index (χ3v) is 9.99. The smallest absolute Gasteiger partial charge is 0.408 e. The maximum Gasteiger partial charge on any atom is 0.408 e. The molecule has 0 saturated carbocycles. The molecule has 3 rings (SSSR count). The summed E-state index contributed by atoms with van der Waals surface area (Å²) in [6.45, 7) is 19.5. The van der Waals surface area contributed by atoms with Gasteiger partial charge in [-0.15, -0.1) is 0 Å². The predicted molar refractivity (Wildman–Crippen MR) is 301 cm³/mol. The van der Waals surface area contributed by atoms with Gasteiger partial charge in [0.05, 0.1) is 13.2 Å². The number of aliphatic carboxylic acids is 2. The van der Waals surface area contributed by atoms with E-state index in [-0.39, 0.29) is 23.9 Å². The number of hydrogen-bond acceptors (Lipinski definition) is 16. The molecule has 0 aliphatic rings. The van der Waals surface area contributed by atoms with Crippen LogP contribution in [0.25, 0.3) is 0 Å². The van der Waals surface area contributed by atoms with Crippen molar-refractivity contribution in [2.24, 2.45) is 0 Å². The molecule has 0 spiro atoms. The van der Waals surface area contributed by atoms with E-state index in [9.17, 15) is 38.4 Å². The molecule has 0 aliphatic heterocycles. The molecule has 3 aromatic carbocycles. The number of alkyl carbamates (subject to hydrolysis) is 4. The van der Waals surface area contributed by atoms with Crippen molar-refractivity contribution in [2.75, 3.05) is 23.9 Å². The van der Waals surface area contributed by atoms with Gasteiger partial charge in [-0.1, -0.05) is 139 Å². The van der Waals surface area contributed by atoms with Crippen LogP contribution in [0.4, 0.5) is 19.2 Å². The Morgan fingerprint density at radius 2 is 0.667 bits per heavy atom. The number of hydrogen-bond donors (Lipinski definition) is 8. The van der Waals surface area contributed by atoms with Crippen LogP contribution in [-0.4, -0.2) is 139 Å². The van der Waals surface area contributed by atoms with Crippen LogP contribution in [0.15, 0.2) is 91.0 Å². The van der Waals surface area contributed by atoms with Crippen LogP contribution >= 0.6 is 47.8 Å². The van der Waals surface area contributed by atoms with Crippen LogP contribution in [0, 0.1) is 0 Å². The second kappa shape index (κ2) is 38.5. The average Bonchev–Trinajstić information content (AvgIpc) is 3.33. The lowest BCUT2D eigenvalue weighted by Gasteiger charge is -2.22. The van der Waals surface area contributed by atoms with E-state index in [2.05, 4.69) is 75.9 Å². The Morgan fingerprint density at radius 3 is 0.910 bits per heavy atom. The van der Waals surface area contributed by atoms with Gasteiger partial charge in [0, 0.05) is 16.0 Å². The summed E-state index contributed by atoms with van der Waals surface area (Å²) in [6, 6.07) is 24.5. The molecule has 25 heteroatoms.